The van der Waals surface area contributed by atoms with Crippen LogP contribution in [0, 0.1) is 0 Å². The number of nitrogens with zero attached hydrogens (tertiary/aromatic N) is 1. The first-order valence-electron chi connectivity index (χ1n) is 7.37. The second kappa shape index (κ2) is 5.91. The zero-order chi connectivity index (χ0) is 17.6. The van der Waals surface area contributed by atoms with Crippen LogP contribution in [0.5, 0.6) is 0 Å². The van der Waals surface area contributed by atoms with E-state index in [0.29, 0.717) is 12.8 Å². The Labute approximate surface area is 143 Å². The van der Waals surface area contributed by atoms with Gasteiger partial charge in [-0.1, -0.05) is 15.9 Å². The van der Waals surface area contributed by atoms with Crippen molar-refractivity contribution in [2.24, 2.45) is 0 Å². The average molecular weight is 404 g/mol. The Bertz CT molecular complexity index is 885. The lowest BCUT2D eigenvalue weighted by Gasteiger charge is -2.18. The van der Waals surface area contributed by atoms with Crippen LogP contribution in [0.3, 0.4) is 0 Å². The van der Waals surface area contributed by atoms with E-state index in [9.17, 15) is 22.8 Å². The second-order valence-corrected chi connectivity index (χ2v) is 6.40. The van der Waals surface area contributed by atoms with Crippen LogP contribution >= 0.6 is 15.9 Å². The van der Waals surface area contributed by atoms with Gasteiger partial charge in [-0.3, -0.25) is 4.79 Å². The molecule has 2 aromatic rings. The number of hydrogen-bond acceptors (Lipinski definition) is 3. The van der Waals surface area contributed by atoms with E-state index in [-0.39, 0.29) is 33.6 Å². The molecule has 1 aromatic carbocycles. The predicted octanol–water partition coefficient (Wildman–Crippen LogP) is 4.29. The minimum Gasteiger partial charge on any atom is -0.462 e. The molecule has 1 aliphatic rings. The van der Waals surface area contributed by atoms with Gasteiger partial charge >= 0.3 is 12.1 Å². The van der Waals surface area contributed by atoms with Crippen LogP contribution in [0.4, 0.5) is 13.2 Å². The zero-order valence-corrected chi connectivity index (χ0v) is 14.2. The number of alkyl halides is 3. The fourth-order valence-corrected chi connectivity index (χ4v) is 3.23. The minimum atomic E-state index is -4.63. The molecule has 0 atom stereocenters. The highest BCUT2D eigenvalue weighted by atomic mass is 79.9. The number of esters is 1. The number of carbonyl (C=O) groups excluding carboxylic acids is 1. The number of pyridine rings is 1. The van der Waals surface area contributed by atoms with E-state index in [1.165, 1.54) is 22.9 Å². The smallest absolute Gasteiger partial charge is 0.419 e. The number of carbonyl (C=O) groups is 1. The summed E-state index contributed by atoms with van der Waals surface area (Å²) < 4.78 is 46.6. The van der Waals surface area contributed by atoms with Gasteiger partial charge in [0.05, 0.1) is 17.7 Å². The van der Waals surface area contributed by atoms with E-state index < -0.39 is 23.1 Å². The molecule has 1 aliphatic carbocycles. The summed E-state index contributed by atoms with van der Waals surface area (Å²) >= 11 is 2.93. The van der Waals surface area contributed by atoms with Gasteiger partial charge in [0.25, 0.3) is 0 Å². The molecule has 0 amide bonds. The Kier molecular flexibility index (Phi) is 4.19. The molecule has 24 heavy (non-hydrogen) atoms. The standard InChI is InChI=1S/C16H13BrF3NO3/c1-2-24-15(23)10-7-21(8-3-4-8)13-9(14(10)22)5-6-11(17)12(13)16(18,19)20/h5-8H,2-4H2,1H3. The van der Waals surface area contributed by atoms with E-state index in [2.05, 4.69) is 15.9 Å². The van der Waals surface area contributed by atoms with Gasteiger partial charge < -0.3 is 9.30 Å². The maximum absolute atomic E-state index is 13.5. The topological polar surface area (TPSA) is 48.3 Å². The number of rotatable bonds is 3. The van der Waals surface area contributed by atoms with Crippen LogP contribution in [0.1, 0.15) is 41.7 Å². The molecule has 3 rings (SSSR count). The number of fused-ring (bicyclic) bond motifs is 1. The SMILES string of the molecule is CCOC(=O)c1cn(C2CC2)c2c(C(F)(F)F)c(Br)ccc2c1=O. The molecule has 4 nitrogen and oxygen atoms in total. The summed E-state index contributed by atoms with van der Waals surface area (Å²) in [6.45, 7) is 1.67. The maximum atomic E-state index is 13.5. The number of benzene rings is 1. The van der Waals surface area contributed by atoms with Crippen LogP contribution in [-0.4, -0.2) is 17.1 Å². The van der Waals surface area contributed by atoms with Crippen molar-refractivity contribution in [3.8, 4) is 0 Å². The van der Waals surface area contributed by atoms with Crippen LogP contribution in [0.25, 0.3) is 10.9 Å². The lowest BCUT2D eigenvalue weighted by atomic mass is 10.1. The molecular formula is C16H13BrF3NO3. The Morgan fingerprint density at radius 1 is 1.38 bits per heavy atom. The minimum absolute atomic E-state index is 0.0773. The lowest BCUT2D eigenvalue weighted by Crippen LogP contribution is -2.22. The third kappa shape index (κ3) is 2.83. The van der Waals surface area contributed by atoms with E-state index in [1.54, 1.807) is 6.92 Å². The maximum Gasteiger partial charge on any atom is 0.419 e. The first-order valence-corrected chi connectivity index (χ1v) is 8.16. The summed E-state index contributed by atoms with van der Waals surface area (Å²) in [5.74, 6) is -0.824. The average Bonchev–Trinajstić information content (AvgIpc) is 3.30. The number of ether oxygens (including phenoxy) is 1. The van der Waals surface area contributed by atoms with Crippen molar-refractivity contribution >= 4 is 32.8 Å². The van der Waals surface area contributed by atoms with Gasteiger partial charge in [-0.2, -0.15) is 13.2 Å². The van der Waals surface area contributed by atoms with Crippen LogP contribution in [0.15, 0.2) is 27.6 Å². The first-order chi connectivity index (χ1) is 11.3. The predicted molar refractivity (Wildman–Crippen MR) is 85.1 cm³/mol. The fraction of sp³-hybridized carbons (Fsp3) is 0.375. The van der Waals surface area contributed by atoms with Gasteiger partial charge in [-0.25, -0.2) is 4.79 Å². The summed E-state index contributed by atoms with van der Waals surface area (Å²) in [6.07, 6.45) is -2.04. The van der Waals surface area contributed by atoms with E-state index in [0.717, 1.165) is 0 Å². The van der Waals surface area contributed by atoms with Gasteiger partial charge in [0.15, 0.2) is 0 Å². The molecule has 1 fully saturated rings. The fourth-order valence-electron chi connectivity index (χ4n) is 2.69. The Morgan fingerprint density at radius 2 is 2.04 bits per heavy atom. The van der Waals surface area contributed by atoms with Gasteiger partial charge in [0, 0.05) is 22.1 Å². The summed E-state index contributed by atoms with van der Waals surface area (Å²) in [7, 11) is 0. The van der Waals surface area contributed by atoms with Crippen molar-refractivity contribution < 1.29 is 22.7 Å². The summed E-state index contributed by atoms with van der Waals surface area (Å²) in [5.41, 5.74) is -2.10. The number of hydrogen-bond donors (Lipinski definition) is 0. The van der Waals surface area contributed by atoms with Crippen molar-refractivity contribution in [1.82, 2.24) is 4.57 Å². The quantitative estimate of drug-likeness (QED) is 0.718. The molecule has 1 aromatic heterocycles. The Balaban J connectivity index is 2.41. The van der Waals surface area contributed by atoms with Gasteiger partial charge in [-0.15, -0.1) is 0 Å². The van der Waals surface area contributed by atoms with E-state index in [4.69, 9.17) is 4.74 Å². The molecule has 1 heterocycles. The Hall–Kier alpha value is -1.83. The number of halogens is 4. The van der Waals surface area contributed by atoms with Gasteiger partial charge in [0.2, 0.25) is 5.43 Å². The third-order valence-electron chi connectivity index (χ3n) is 3.86. The molecule has 128 valence electrons. The van der Waals surface area contributed by atoms with Crippen LogP contribution in [-0.2, 0) is 10.9 Å². The molecular weight excluding hydrogens is 391 g/mol. The van der Waals surface area contributed by atoms with Crippen molar-refractivity contribution in [2.75, 3.05) is 6.61 Å². The molecule has 0 radical (unpaired) electrons. The molecule has 0 spiro atoms. The first kappa shape index (κ1) is 17.0. The zero-order valence-electron chi connectivity index (χ0n) is 12.6. The van der Waals surface area contributed by atoms with Crippen molar-refractivity contribution in [1.29, 1.82) is 0 Å². The highest BCUT2D eigenvalue weighted by Gasteiger charge is 2.38. The van der Waals surface area contributed by atoms with Gasteiger partial charge in [-0.05, 0) is 31.9 Å². The molecule has 0 bridgehead atoms. The molecule has 8 heteroatoms. The van der Waals surface area contributed by atoms with Gasteiger partial charge in [0.1, 0.15) is 5.56 Å². The Morgan fingerprint density at radius 3 is 2.58 bits per heavy atom. The summed E-state index contributed by atoms with van der Waals surface area (Å²) in [5, 5.41) is -0.136. The third-order valence-corrected chi connectivity index (χ3v) is 4.52. The molecule has 0 N–H and O–H groups in total. The summed E-state index contributed by atoms with van der Waals surface area (Å²) in [4.78, 5) is 24.5. The molecule has 0 saturated heterocycles. The normalized spacial score (nSPS) is 14.9. The lowest BCUT2D eigenvalue weighted by molar-refractivity contribution is -0.137. The second-order valence-electron chi connectivity index (χ2n) is 5.55. The van der Waals surface area contributed by atoms with Crippen molar-refractivity contribution in [3.63, 3.8) is 0 Å². The van der Waals surface area contributed by atoms with Crippen molar-refractivity contribution in [3.05, 3.63) is 44.2 Å². The summed E-state index contributed by atoms with van der Waals surface area (Å²) in [6, 6.07) is 2.33. The highest BCUT2D eigenvalue weighted by Crippen LogP contribution is 2.43. The number of aromatic nitrogens is 1. The van der Waals surface area contributed by atoms with Crippen LogP contribution < -0.4 is 5.43 Å². The van der Waals surface area contributed by atoms with E-state index >= 15 is 0 Å². The van der Waals surface area contributed by atoms with Crippen molar-refractivity contribution in [2.45, 2.75) is 32.0 Å². The highest BCUT2D eigenvalue weighted by molar-refractivity contribution is 9.10. The monoisotopic (exact) mass is 403 g/mol. The molecule has 1 saturated carbocycles. The van der Waals surface area contributed by atoms with Crippen LogP contribution in [0.2, 0.25) is 0 Å². The largest absolute Gasteiger partial charge is 0.462 e. The molecule has 0 aliphatic heterocycles. The van der Waals surface area contributed by atoms with E-state index in [1.807, 2.05) is 0 Å². The molecule has 0 unspecified atom stereocenters.